The molecule has 94 valence electrons. The number of amides is 1. The van der Waals surface area contributed by atoms with Crippen LogP contribution in [0.5, 0.6) is 0 Å². The van der Waals surface area contributed by atoms with Crippen molar-refractivity contribution >= 4 is 5.91 Å². The van der Waals surface area contributed by atoms with Crippen molar-refractivity contribution in [2.75, 3.05) is 26.4 Å². The molecule has 5 heteroatoms. The van der Waals surface area contributed by atoms with Crippen molar-refractivity contribution in [2.24, 2.45) is 0 Å². The van der Waals surface area contributed by atoms with Gasteiger partial charge in [0.2, 0.25) is 5.91 Å². The summed E-state index contributed by atoms with van der Waals surface area (Å²) in [6.45, 7) is 7.44. The van der Waals surface area contributed by atoms with E-state index in [0.29, 0.717) is 19.8 Å². The van der Waals surface area contributed by atoms with Crippen molar-refractivity contribution in [2.45, 2.75) is 39.1 Å². The summed E-state index contributed by atoms with van der Waals surface area (Å²) < 4.78 is 16.0. The molecular formula is C11H21NO4. The van der Waals surface area contributed by atoms with E-state index in [2.05, 4.69) is 5.32 Å². The van der Waals surface area contributed by atoms with Gasteiger partial charge in [-0.1, -0.05) is 6.92 Å². The smallest absolute Gasteiger partial charge is 0.246 e. The predicted molar refractivity (Wildman–Crippen MR) is 59.0 cm³/mol. The molecular weight excluding hydrogens is 210 g/mol. The van der Waals surface area contributed by atoms with Crippen LogP contribution in [0.3, 0.4) is 0 Å². The highest BCUT2D eigenvalue weighted by molar-refractivity contribution is 5.77. The fraction of sp³-hybridized carbons (Fsp3) is 0.909. The Hall–Kier alpha value is -0.650. The summed E-state index contributed by atoms with van der Waals surface area (Å²) in [5, 5.41) is 2.75. The van der Waals surface area contributed by atoms with Crippen LogP contribution in [0.4, 0.5) is 0 Å². The lowest BCUT2D eigenvalue weighted by Gasteiger charge is -2.17. The second-order valence-electron chi connectivity index (χ2n) is 4.31. The monoisotopic (exact) mass is 231 g/mol. The molecule has 1 heterocycles. The van der Waals surface area contributed by atoms with E-state index in [1.807, 2.05) is 20.8 Å². The average Bonchev–Trinajstić information content (AvgIpc) is 2.56. The molecule has 0 aromatic heterocycles. The van der Waals surface area contributed by atoms with Gasteiger partial charge in [0.15, 0.2) is 5.79 Å². The summed E-state index contributed by atoms with van der Waals surface area (Å²) in [6.07, 6.45) is 0.853. The molecule has 0 aliphatic carbocycles. The predicted octanol–water partition coefficient (Wildman–Crippen LogP) is 0.681. The summed E-state index contributed by atoms with van der Waals surface area (Å²) in [5.41, 5.74) is 0. The second kappa shape index (κ2) is 6.18. The van der Waals surface area contributed by atoms with Gasteiger partial charge in [0.05, 0.1) is 6.61 Å². The second-order valence-corrected chi connectivity index (χ2v) is 4.31. The lowest BCUT2D eigenvalue weighted by Crippen LogP contribution is -2.36. The van der Waals surface area contributed by atoms with E-state index in [1.54, 1.807) is 0 Å². The molecule has 0 spiro atoms. The van der Waals surface area contributed by atoms with Gasteiger partial charge in [0, 0.05) is 13.2 Å². The van der Waals surface area contributed by atoms with Gasteiger partial charge >= 0.3 is 0 Å². The fourth-order valence-corrected chi connectivity index (χ4v) is 1.45. The third kappa shape index (κ3) is 4.92. The molecule has 1 aliphatic rings. The highest BCUT2D eigenvalue weighted by Gasteiger charge is 2.32. The number of carbonyl (C=O) groups excluding carboxylic acids is 1. The van der Waals surface area contributed by atoms with Crippen molar-refractivity contribution in [3.63, 3.8) is 0 Å². The standard InChI is InChI=1S/C11H21NO4/c1-4-5-14-8-10(13)12-6-9-7-15-11(2,3)16-9/h9H,4-8H2,1-3H3,(H,12,13). The molecule has 0 radical (unpaired) electrons. The molecule has 16 heavy (non-hydrogen) atoms. The lowest BCUT2D eigenvalue weighted by molar-refractivity contribution is -0.140. The highest BCUT2D eigenvalue weighted by Crippen LogP contribution is 2.21. The lowest BCUT2D eigenvalue weighted by atomic mass is 10.3. The maximum Gasteiger partial charge on any atom is 0.246 e. The third-order valence-corrected chi connectivity index (χ3v) is 2.18. The average molecular weight is 231 g/mol. The van der Waals surface area contributed by atoms with Gasteiger partial charge < -0.3 is 19.5 Å². The van der Waals surface area contributed by atoms with Crippen molar-refractivity contribution in [3.05, 3.63) is 0 Å². The van der Waals surface area contributed by atoms with Crippen LogP contribution in [0, 0.1) is 0 Å². The minimum Gasteiger partial charge on any atom is -0.372 e. The normalized spacial score (nSPS) is 23.3. The Labute approximate surface area is 96.4 Å². The van der Waals surface area contributed by atoms with Crippen molar-refractivity contribution < 1.29 is 19.0 Å². The van der Waals surface area contributed by atoms with Crippen LogP contribution in [0.25, 0.3) is 0 Å². The Bertz CT molecular complexity index is 230. The molecule has 0 bridgehead atoms. The van der Waals surface area contributed by atoms with E-state index in [-0.39, 0.29) is 18.6 Å². The van der Waals surface area contributed by atoms with Crippen LogP contribution in [-0.2, 0) is 19.0 Å². The number of nitrogens with one attached hydrogen (secondary N) is 1. The van der Waals surface area contributed by atoms with Crippen molar-refractivity contribution in [1.82, 2.24) is 5.32 Å². The van der Waals surface area contributed by atoms with E-state index < -0.39 is 5.79 Å². The summed E-state index contributed by atoms with van der Waals surface area (Å²) in [5.74, 6) is -0.643. The maximum absolute atomic E-state index is 11.3. The summed E-state index contributed by atoms with van der Waals surface area (Å²) >= 11 is 0. The van der Waals surface area contributed by atoms with E-state index >= 15 is 0 Å². The number of hydrogen-bond donors (Lipinski definition) is 1. The van der Waals surface area contributed by atoms with Crippen LogP contribution in [0.2, 0.25) is 0 Å². The summed E-state index contributed by atoms with van der Waals surface area (Å²) in [6, 6.07) is 0. The molecule has 5 nitrogen and oxygen atoms in total. The Morgan fingerprint density at radius 2 is 2.31 bits per heavy atom. The van der Waals surface area contributed by atoms with Gasteiger partial charge in [-0.15, -0.1) is 0 Å². The molecule has 1 saturated heterocycles. The molecule has 1 unspecified atom stereocenters. The third-order valence-electron chi connectivity index (χ3n) is 2.18. The molecule has 0 aromatic rings. The van der Waals surface area contributed by atoms with Gasteiger partial charge in [-0.3, -0.25) is 4.79 Å². The van der Waals surface area contributed by atoms with E-state index in [0.717, 1.165) is 6.42 Å². The van der Waals surface area contributed by atoms with Gasteiger partial charge in [0.1, 0.15) is 12.7 Å². The Balaban J connectivity index is 2.08. The van der Waals surface area contributed by atoms with Crippen LogP contribution in [0.15, 0.2) is 0 Å². The van der Waals surface area contributed by atoms with Crippen LogP contribution in [0.1, 0.15) is 27.2 Å². The molecule has 1 aliphatic heterocycles. The van der Waals surface area contributed by atoms with E-state index in [9.17, 15) is 4.79 Å². The Kier molecular flexibility index (Phi) is 5.18. The minimum atomic E-state index is -0.534. The number of ether oxygens (including phenoxy) is 3. The first-order valence-corrected chi connectivity index (χ1v) is 5.69. The number of carbonyl (C=O) groups is 1. The van der Waals surface area contributed by atoms with Gasteiger partial charge in [0.25, 0.3) is 0 Å². The SMILES string of the molecule is CCCOCC(=O)NCC1COC(C)(C)O1. The summed E-state index contributed by atoms with van der Waals surface area (Å²) in [4.78, 5) is 11.3. The van der Waals surface area contributed by atoms with Gasteiger partial charge in [-0.25, -0.2) is 0 Å². The molecule has 0 saturated carbocycles. The summed E-state index contributed by atoms with van der Waals surface area (Å²) in [7, 11) is 0. The number of rotatable bonds is 6. The Morgan fingerprint density at radius 3 is 2.88 bits per heavy atom. The van der Waals surface area contributed by atoms with E-state index in [1.165, 1.54) is 0 Å². The first-order valence-electron chi connectivity index (χ1n) is 5.69. The van der Waals surface area contributed by atoms with Gasteiger partial charge in [-0.05, 0) is 20.3 Å². The molecule has 1 N–H and O–H groups in total. The largest absolute Gasteiger partial charge is 0.372 e. The molecule has 1 atom stereocenters. The molecule has 0 aromatic carbocycles. The van der Waals surface area contributed by atoms with Crippen LogP contribution in [-0.4, -0.2) is 44.2 Å². The fourth-order valence-electron chi connectivity index (χ4n) is 1.45. The molecule has 1 amide bonds. The molecule has 1 fully saturated rings. The zero-order chi connectivity index (χ0) is 12.0. The quantitative estimate of drug-likeness (QED) is 0.683. The van der Waals surface area contributed by atoms with Gasteiger partial charge in [-0.2, -0.15) is 0 Å². The zero-order valence-electron chi connectivity index (χ0n) is 10.2. The molecule has 1 rings (SSSR count). The van der Waals surface area contributed by atoms with Crippen molar-refractivity contribution in [1.29, 1.82) is 0 Å². The Morgan fingerprint density at radius 1 is 1.56 bits per heavy atom. The number of hydrogen-bond acceptors (Lipinski definition) is 4. The van der Waals surface area contributed by atoms with E-state index in [4.69, 9.17) is 14.2 Å². The van der Waals surface area contributed by atoms with Crippen LogP contribution < -0.4 is 5.32 Å². The highest BCUT2D eigenvalue weighted by atomic mass is 16.7. The van der Waals surface area contributed by atoms with Crippen LogP contribution >= 0.6 is 0 Å². The minimum absolute atomic E-state index is 0.0647. The first kappa shape index (κ1) is 13.4. The zero-order valence-corrected chi connectivity index (χ0v) is 10.2. The topological polar surface area (TPSA) is 56.8 Å². The first-order chi connectivity index (χ1) is 7.53. The maximum atomic E-state index is 11.3. The van der Waals surface area contributed by atoms with Crippen molar-refractivity contribution in [3.8, 4) is 0 Å².